The number of nitrogens with one attached hydrogen (secondary N) is 1. The van der Waals surface area contributed by atoms with Crippen LogP contribution in [0.4, 0.5) is 10.1 Å². The van der Waals surface area contributed by atoms with Crippen LogP contribution in [0.25, 0.3) is 6.08 Å². The average Bonchev–Trinajstić information content (AvgIpc) is 3.05. The van der Waals surface area contributed by atoms with Gasteiger partial charge in [-0.1, -0.05) is 6.07 Å². The van der Waals surface area contributed by atoms with E-state index in [-0.39, 0.29) is 24.2 Å². The summed E-state index contributed by atoms with van der Waals surface area (Å²) in [7, 11) is 0. The van der Waals surface area contributed by atoms with Crippen molar-refractivity contribution in [2.24, 2.45) is 0 Å². The molecule has 1 fully saturated rings. The number of carbonyl (C=O) groups excluding carboxylic acids is 2. The van der Waals surface area contributed by atoms with Gasteiger partial charge in [-0.3, -0.25) is 14.5 Å². The van der Waals surface area contributed by atoms with Crippen LogP contribution in [0, 0.1) is 5.82 Å². The highest BCUT2D eigenvalue weighted by molar-refractivity contribution is 9.11. The minimum absolute atomic E-state index is 0.0246. The number of hydrogen-bond donors (Lipinski definition) is 1. The van der Waals surface area contributed by atoms with E-state index >= 15 is 0 Å². The van der Waals surface area contributed by atoms with Crippen LogP contribution in [0.3, 0.4) is 0 Å². The Morgan fingerprint density at radius 2 is 1.96 bits per heavy atom. The van der Waals surface area contributed by atoms with Crippen molar-refractivity contribution in [3.63, 3.8) is 0 Å². The Hall–Kier alpha value is -2.03. The minimum atomic E-state index is -0.386. The Balaban J connectivity index is 1.43. The number of nitrogens with zero attached hydrogens (tertiary/aromatic N) is 2. The van der Waals surface area contributed by atoms with Gasteiger partial charge < -0.3 is 10.2 Å². The zero-order valence-corrected chi connectivity index (χ0v) is 16.9. The first kappa shape index (κ1) is 19.7. The fraction of sp³-hybridized carbons (Fsp3) is 0.263. The first-order valence-electron chi connectivity index (χ1n) is 8.50. The number of anilines is 1. The second kappa shape index (κ2) is 9.25. The molecular formula is C19H19BrFN3O2S. The molecular weight excluding hydrogens is 433 g/mol. The summed E-state index contributed by atoms with van der Waals surface area (Å²) in [6, 6.07) is 9.72. The third kappa shape index (κ3) is 5.98. The maximum absolute atomic E-state index is 13.2. The minimum Gasteiger partial charge on any atom is -0.337 e. The zero-order chi connectivity index (χ0) is 19.2. The van der Waals surface area contributed by atoms with E-state index in [1.54, 1.807) is 34.4 Å². The molecule has 142 valence electrons. The summed E-state index contributed by atoms with van der Waals surface area (Å²) in [6.45, 7) is 2.62. The first-order chi connectivity index (χ1) is 13.0. The van der Waals surface area contributed by atoms with Gasteiger partial charge in [0.05, 0.1) is 10.3 Å². The van der Waals surface area contributed by atoms with E-state index in [0.29, 0.717) is 31.9 Å². The molecule has 0 radical (unpaired) electrons. The van der Waals surface area contributed by atoms with Crippen LogP contribution in [0.5, 0.6) is 0 Å². The highest BCUT2D eigenvalue weighted by Crippen LogP contribution is 2.23. The third-order valence-corrected chi connectivity index (χ3v) is 5.73. The standard InChI is InChI=1S/C19H19BrFN3O2S/c20-17-6-4-16(27-17)5-7-19(26)24-10-8-23(9-11-24)13-18(25)22-15-3-1-2-14(21)12-15/h1-7,12H,8-11,13H2,(H,22,25)/b7-5+. The summed E-state index contributed by atoms with van der Waals surface area (Å²) in [6.07, 6.45) is 3.40. The molecule has 0 bridgehead atoms. The number of piperazine rings is 1. The van der Waals surface area contributed by atoms with Crippen LogP contribution in [0.15, 0.2) is 46.3 Å². The Morgan fingerprint density at radius 1 is 1.19 bits per heavy atom. The van der Waals surface area contributed by atoms with Gasteiger partial charge in [0.25, 0.3) is 0 Å². The topological polar surface area (TPSA) is 52.7 Å². The lowest BCUT2D eigenvalue weighted by molar-refractivity contribution is -0.127. The van der Waals surface area contributed by atoms with Crippen molar-refractivity contribution in [3.8, 4) is 0 Å². The number of thiophene rings is 1. The summed E-state index contributed by atoms with van der Waals surface area (Å²) in [5, 5.41) is 2.69. The van der Waals surface area contributed by atoms with E-state index in [1.807, 2.05) is 23.1 Å². The third-order valence-electron chi connectivity index (χ3n) is 4.14. The van der Waals surface area contributed by atoms with E-state index in [2.05, 4.69) is 21.2 Å². The van der Waals surface area contributed by atoms with Gasteiger partial charge in [0.2, 0.25) is 11.8 Å². The maximum Gasteiger partial charge on any atom is 0.246 e. The van der Waals surface area contributed by atoms with Crippen LogP contribution < -0.4 is 5.32 Å². The number of benzene rings is 1. The fourth-order valence-electron chi connectivity index (χ4n) is 2.77. The number of carbonyl (C=O) groups is 2. The fourth-order valence-corrected chi connectivity index (χ4v) is 4.10. The largest absolute Gasteiger partial charge is 0.337 e. The average molecular weight is 452 g/mol. The van der Waals surface area contributed by atoms with E-state index in [1.165, 1.54) is 12.1 Å². The van der Waals surface area contributed by atoms with Gasteiger partial charge in [0.1, 0.15) is 5.82 Å². The molecule has 2 amide bonds. The normalized spacial score (nSPS) is 15.3. The van der Waals surface area contributed by atoms with Crippen molar-refractivity contribution < 1.29 is 14.0 Å². The van der Waals surface area contributed by atoms with Crippen LogP contribution in [-0.4, -0.2) is 54.3 Å². The monoisotopic (exact) mass is 451 g/mol. The van der Waals surface area contributed by atoms with Crippen molar-refractivity contribution in [3.05, 3.63) is 57.0 Å². The van der Waals surface area contributed by atoms with Gasteiger partial charge in [0.15, 0.2) is 0 Å². The predicted molar refractivity (Wildman–Crippen MR) is 109 cm³/mol. The highest BCUT2D eigenvalue weighted by Gasteiger charge is 2.21. The summed E-state index contributed by atoms with van der Waals surface area (Å²) < 4.78 is 14.2. The first-order valence-corrected chi connectivity index (χ1v) is 10.1. The molecule has 1 aromatic carbocycles. The Bertz CT molecular complexity index is 847. The van der Waals surface area contributed by atoms with Crippen LogP contribution in [0.2, 0.25) is 0 Å². The molecule has 0 unspecified atom stereocenters. The Kier molecular flexibility index (Phi) is 6.76. The summed E-state index contributed by atoms with van der Waals surface area (Å²) in [4.78, 5) is 29.2. The smallest absolute Gasteiger partial charge is 0.246 e. The van der Waals surface area contributed by atoms with E-state index in [0.717, 1.165) is 8.66 Å². The molecule has 0 aliphatic carbocycles. The molecule has 27 heavy (non-hydrogen) atoms. The SMILES string of the molecule is O=C(CN1CCN(C(=O)/C=C/c2ccc(Br)s2)CC1)Nc1cccc(F)c1. The van der Waals surface area contributed by atoms with E-state index in [4.69, 9.17) is 0 Å². The highest BCUT2D eigenvalue weighted by atomic mass is 79.9. The quantitative estimate of drug-likeness (QED) is 0.708. The lowest BCUT2D eigenvalue weighted by Crippen LogP contribution is -2.50. The van der Waals surface area contributed by atoms with Crippen molar-refractivity contribution in [2.75, 3.05) is 38.0 Å². The molecule has 0 spiro atoms. The van der Waals surface area contributed by atoms with Crippen molar-refractivity contribution in [1.29, 1.82) is 0 Å². The molecule has 5 nitrogen and oxygen atoms in total. The molecule has 1 N–H and O–H groups in total. The van der Waals surface area contributed by atoms with Gasteiger partial charge in [-0.25, -0.2) is 4.39 Å². The molecule has 2 heterocycles. The van der Waals surface area contributed by atoms with Crippen LogP contribution >= 0.6 is 27.3 Å². The second-order valence-electron chi connectivity index (χ2n) is 6.14. The van der Waals surface area contributed by atoms with E-state index < -0.39 is 0 Å². The molecule has 0 atom stereocenters. The number of rotatable bonds is 5. The molecule has 8 heteroatoms. The van der Waals surface area contributed by atoms with Crippen molar-refractivity contribution in [1.82, 2.24) is 9.80 Å². The molecule has 1 saturated heterocycles. The molecule has 1 aromatic heterocycles. The lowest BCUT2D eigenvalue weighted by Gasteiger charge is -2.33. The molecule has 1 aliphatic rings. The summed E-state index contributed by atoms with van der Waals surface area (Å²) in [5.74, 6) is -0.602. The lowest BCUT2D eigenvalue weighted by atomic mass is 10.2. The maximum atomic E-state index is 13.2. The van der Waals surface area contributed by atoms with Gasteiger partial charge in [-0.2, -0.15) is 0 Å². The van der Waals surface area contributed by atoms with Crippen molar-refractivity contribution in [2.45, 2.75) is 0 Å². The summed E-state index contributed by atoms with van der Waals surface area (Å²) >= 11 is 4.97. The van der Waals surface area contributed by atoms with Gasteiger partial charge >= 0.3 is 0 Å². The second-order valence-corrected chi connectivity index (χ2v) is 8.63. The van der Waals surface area contributed by atoms with Gasteiger partial charge in [0, 0.05) is 42.8 Å². The Morgan fingerprint density at radius 3 is 2.63 bits per heavy atom. The predicted octanol–water partition coefficient (Wildman–Crippen LogP) is 3.45. The number of amides is 2. The molecule has 1 aliphatic heterocycles. The molecule has 0 saturated carbocycles. The van der Waals surface area contributed by atoms with Crippen LogP contribution in [0.1, 0.15) is 4.88 Å². The van der Waals surface area contributed by atoms with E-state index in [9.17, 15) is 14.0 Å². The molecule has 3 rings (SSSR count). The molecule has 2 aromatic rings. The van der Waals surface area contributed by atoms with Gasteiger partial charge in [-0.05, 0) is 52.3 Å². The zero-order valence-electron chi connectivity index (χ0n) is 14.5. The number of hydrogen-bond acceptors (Lipinski definition) is 4. The summed E-state index contributed by atoms with van der Waals surface area (Å²) in [5.41, 5.74) is 0.444. The van der Waals surface area contributed by atoms with Crippen LogP contribution in [-0.2, 0) is 9.59 Å². The Labute approximate surface area is 169 Å². The number of halogens is 2. The van der Waals surface area contributed by atoms with Gasteiger partial charge in [-0.15, -0.1) is 11.3 Å². The van der Waals surface area contributed by atoms with Crippen molar-refractivity contribution >= 4 is 50.8 Å².